The largest absolute Gasteiger partial charge is 0.139 e. The highest BCUT2D eigenvalue weighted by molar-refractivity contribution is 6.13. The summed E-state index contributed by atoms with van der Waals surface area (Å²) in [5.74, 6) is 0. The highest BCUT2D eigenvalue weighted by Gasteiger charge is 1.57. The second kappa shape index (κ2) is 3.25. The van der Waals surface area contributed by atoms with Gasteiger partial charge in [-0.15, -0.1) is 4.84 Å². The third-order valence-electron chi connectivity index (χ3n) is 0.120. The number of nitrogens with zero attached hydrogens (tertiary/aromatic N) is 1. The smallest absolute Gasteiger partial charge is 0.0283 e. The molecule has 0 atom stereocenters. The monoisotopic (exact) mass is 78.0 g/mol. The Bertz CT molecular complexity index is 8.00. The van der Waals surface area contributed by atoms with Crippen LogP contribution in [0.3, 0.4) is 0 Å². The Balaban J connectivity index is 1.97. The minimum atomic E-state index is 0.710. The number of hydrogen-bond acceptors (Lipinski definition) is 0. The lowest BCUT2D eigenvalue weighted by Crippen LogP contribution is -1.80. The van der Waals surface area contributed by atoms with Gasteiger partial charge < -0.3 is 0 Å². The van der Waals surface area contributed by atoms with E-state index in [1.54, 1.807) is 0 Å². The molecule has 0 spiro atoms. The number of halogens is 1. The highest BCUT2D eigenvalue weighted by atomic mass is 35.5. The first-order valence-corrected chi connectivity index (χ1v) is 1.53. The van der Waals surface area contributed by atoms with Crippen molar-refractivity contribution in [3.63, 3.8) is 0 Å². The van der Waals surface area contributed by atoms with E-state index in [-0.39, 0.29) is 0 Å². The van der Waals surface area contributed by atoms with Gasteiger partial charge in [0.2, 0.25) is 0 Å². The van der Waals surface area contributed by atoms with E-state index in [0.29, 0.717) is 6.54 Å². The Labute approximate surface area is 31.1 Å². The summed E-state index contributed by atoms with van der Waals surface area (Å²) in [6.07, 6.45) is 0. The normalized spacial score (nSPS) is 7.50. The molecule has 0 heterocycles. The SMILES string of the molecule is CC[N]Cl. The number of rotatable bonds is 1. The lowest BCUT2D eigenvalue weighted by atomic mass is 10.8. The van der Waals surface area contributed by atoms with Gasteiger partial charge in [0.05, 0.1) is 0 Å². The quantitative estimate of drug-likeness (QED) is 0.440. The molecule has 0 unspecified atom stereocenters. The molecule has 0 aromatic carbocycles. The van der Waals surface area contributed by atoms with Crippen molar-refractivity contribution in [1.29, 1.82) is 0 Å². The van der Waals surface area contributed by atoms with Crippen LogP contribution in [0.4, 0.5) is 0 Å². The molecule has 2 heteroatoms. The van der Waals surface area contributed by atoms with Gasteiger partial charge in [-0.3, -0.25) is 0 Å². The molecule has 0 aromatic heterocycles. The van der Waals surface area contributed by atoms with Crippen LogP contribution >= 0.6 is 11.8 Å². The molecule has 0 aliphatic carbocycles. The molecule has 0 saturated heterocycles. The van der Waals surface area contributed by atoms with Crippen LogP contribution in [0.15, 0.2) is 0 Å². The van der Waals surface area contributed by atoms with Gasteiger partial charge in [0.15, 0.2) is 0 Å². The van der Waals surface area contributed by atoms with E-state index < -0.39 is 0 Å². The maximum absolute atomic E-state index is 4.81. The molecular formula is C2H5ClN. The fourth-order valence-corrected chi connectivity index (χ4v) is 0. The topological polar surface area (TPSA) is 14.1 Å². The van der Waals surface area contributed by atoms with E-state index >= 15 is 0 Å². The molecule has 0 fully saturated rings. The maximum atomic E-state index is 4.81. The molecule has 1 radical (unpaired) electrons. The molecule has 4 heavy (non-hydrogen) atoms. The van der Waals surface area contributed by atoms with E-state index in [9.17, 15) is 0 Å². The molecule has 0 saturated carbocycles. The van der Waals surface area contributed by atoms with Crippen LogP contribution in [0, 0.1) is 0 Å². The maximum Gasteiger partial charge on any atom is 0.0283 e. The van der Waals surface area contributed by atoms with Crippen molar-refractivity contribution in [3.05, 3.63) is 0 Å². The zero-order chi connectivity index (χ0) is 3.41. The van der Waals surface area contributed by atoms with Gasteiger partial charge in [-0.05, 0) is 18.7 Å². The predicted molar refractivity (Wildman–Crippen MR) is 18.5 cm³/mol. The first-order valence-electron chi connectivity index (χ1n) is 1.19. The van der Waals surface area contributed by atoms with Crippen molar-refractivity contribution in [1.82, 2.24) is 4.84 Å². The van der Waals surface area contributed by atoms with Gasteiger partial charge in [-0.1, -0.05) is 0 Å². The van der Waals surface area contributed by atoms with Crippen LogP contribution in [0.25, 0.3) is 0 Å². The van der Waals surface area contributed by atoms with Crippen LogP contribution in [0.1, 0.15) is 6.92 Å². The summed E-state index contributed by atoms with van der Waals surface area (Å²) in [5.41, 5.74) is 0. The average Bonchev–Trinajstić information content (AvgIpc) is 1.37. The second-order valence-corrected chi connectivity index (χ2v) is 0.675. The van der Waals surface area contributed by atoms with Crippen molar-refractivity contribution in [2.24, 2.45) is 0 Å². The van der Waals surface area contributed by atoms with Crippen molar-refractivity contribution >= 4 is 11.8 Å². The summed E-state index contributed by atoms with van der Waals surface area (Å²) >= 11 is 4.81. The molecule has 25 valence electrons. The van der Waals surface area contributed by atoms with E-state index in [1.165, 1.54) is 0 Å². The zero-order valence-corrected chi connectivity index (χ0v) is 3.29. The van der Waals surface area contributed by atoms with Crippen molar-refractivity contribution in [2.75, 3.05) is 6.54 Å². The molecular weight excluding hydrogens is 73.5 g/mol. The summed E-state index contributed by atoms with van der Waals surface area (Å²) in [6, 6.07) is 0. The minimum absolute atomic E-state index is 0.710. The van der Waals surface area contributed by atoms with E-state index in [1.807, 2.05) is 6.92 Å². The second-order valence-electron chi connectivity index (χ2n) is 0.436. The molecule has 1 nitrogen and oxygen atoms in total. The molecule has 0 aliphatic heterocycles. The molecule has 0 amide bonds. The van der Waals surface area contributed by atoms with Crippen LogP contribution in [-0.2, 0) is 0 Å². The summed E-state index contributed by atoms with van der Waals surface area (Å²) in [7, 11) is 0. The van der Waals surface area contributed by atoms with Crippen LogP contribution in [-0.4, -0.2) is 6.54 Å². The third-order valence-corrected chi connectivity index (χ3v) is 0.359. The summed E-state index contributed by atoms with van der Waals surface area (Å²) < 4.78 is 0. The van der Waals surface area contributed by atoms with Gasteiger partial charge in [0.1, 0.15) is 0 Å². The van der Waals surface area contributed by atoms with Gasteiger partial charge in [-0.25, -0.2) is 0 Å². The summed E-state index contributed by atoms with van der Waals surface area (Å²) in [6.45, 7) is 2.59. The van der Waals surface area contributed by atoms with E-state index in [2.05, 4.69) is 4.84 Å². The molecule has 0 N–H and O–H groups in total. The summed E-state index contributed by atoms with van der Waals surface area (Å²) in [4.78, 5) is 3.21. The Hall–Kier alpha value is 0.250. The van der Waals surface area contributed by atoms with Crippen LogP contribution < -0.4 is 4.84 Å². The Morgan fingerprint density at radius 1 is 2.00 bits per heavy atom. The predicted octanol–water partition coefficient (Wildman–Crippen LogP) is 0.764. The third kappa shape index (κ3) is 2.25. The lowest BCUT2D eigenvalue weighted by molar-refractivity contribution is 1.00. The molecule has 0 rings (SSSR count). The van der Waals surface area contributed by atoms with Crippen LogP contribution in [0.5, 0.6) is 0 Å². The molecule has 0 bridgehead atoms. The van der Waals surface area contributed by atoms with Crippen molar-refractivity contribution in [3.8, 4) is 0 Å². The summed E-state index contributed by atoms with van der Waals surface area (Å²) in [5, 5.41) is 0. The Kier molecular flexibility index (Phi) is 3.45. The van der Waals surface area contributed by atoms with Crippen molar-refractivity contribution < 1.29 is 0 Å². The van der Waals surface area contributed by atoms with Crippen molar-refractivity contribution in [2.45, 2.75) is 6.92 Å². The van der Waals surface area contributed by atoms with Gasteiger partial charge >= 0.3 is 0 Å². The van der Waals surface area contributed by atoms with Crippen LogP contribution in [0.2, 0.25) is 0 Å². The standard InChI is InChI=1S/C2H5ClN/c1-2-4-3/h2H2,1H3. The zero-order valence-electron chi connectivity index (χ0n) is 2.53. The van der Waals surface area contributed by atoms with Gasteiger partial charge in [0, 0.05) is 6.54 Å². The average molecular weight is 78.5 g/mol. The fourth-order valence-electron chi connectivity index (χ4n) is 0. The first-order chi connectivity index (χ1) is 1.91. The van der Waals surface area contributed by atoms with E-state index in [4.69, 9.17) is 11.8 Å². The van der Waals surface area contributed by atoms with E-state index in [0.717, 1.165) is 0 Å². The highest BCUT2D eigenvalue weighted by Crippen LogP contribution is 1.58. The first kappa shape index (κ1) is 4.25. The molecule has 0 aromatic rings. The van der Waals surface area contributed by atoms with Gasteiger partial charge in [-0.2, -0.15) is 0 Å². The Morgan fingerprint density at radius 2 is 2.25 bits per heavy atom. The number of hydrogen-bond donors (Lipinski definition) is 0. The fraction of sp³-hybridized carbons (Fsp3) is 1.00. The van der Waals surface area contributed by atoms with Gasteiger partial charge in [0.25, 0.3) is 0 Å². The minimum Gasteiger partial charge on any atom is -0.139 e. The Morgan fingerprint density at radius 3 is 2.25 bits per heavy atom. The lowest BCUT2D eigenvalue weighted by Gasteiger charge is -1.67. The molecule has 0 aliphatic rings.